The third-order valence-corrected chi connectivity index (χ3v) is 4.47. The lowest BCUT2D eigenvalue weighted by atomic mass is 10.1. The molecule has 1 aliphatic heterocycles. The van der Waals surface area contributed by atoms with Gasteiger partial charge in [0, 0.05) is 22.3 Å². The Bertz CT molecular complexity index is 702. The van der Waals surface area contributed by atoms with Crippen LogP contribution < -0.4 is 10.2 Å². The zero-order chi connectivity index (χ0) is 16.2. The Morgan fingerprint density at radius 2 is 1.83 bits per heavy atom. The Labute approximate surface area is 147 Å². The van der Waals surface area contributed by atoms with Gasteiger partial charge < -0.3 is 10.2 Å². The predicted molar refractivity (Wildman–Crippen MR) is 97.2 cm³/mol. The topological polar surface area (TPSA) is 84.2 Å². The van der Waals surface area contributed by atoms with Crippen LogP contribution >= 0.6 is 22.6 Å². The molecule has 0 saturated carbocycles. The van der Waals surface area contributed by atoms with E-state index < -0.39 is 4.92 Å². The van der Waals surface area contributed by atoms with Crippen LogP contribution in [0.15, 0.2) is 30.6 Å². The van der Waals surface area contributed by atoms with Crippen LogP contribution in [-0.4, -0.2) is 28.0 Å². The molecule has 8 heteroatoms. The standard InChI is InChI=1S/C15H16IN5O2/c16-11-4-6-12(7-5-11)19-14-13(21(22)23)15(18-10-17-14)20-8-2-1-3-9-20/h4-7,10H,1-3,8-9H2,(H,17,18,19). The van der Waals surface area contributed by atoms with Crippen LogP contribution in [-0.2, 0) is 0 Å². The van der Waals surface area contributed by atoms with E-state index in [9.17, 15) is 10.1 Å². The summed E-state index contributed by atoms with van der Waals surface area (Å²) < 4.78 is 1.10. The first kappa shape index (κ1) is 15.9. The molecule has 7 nitrogen and oxygen atoms in total. The van der Waals surface area contributed by atoms with Crippen molar-refractivity contribution >= 4 is 45.6 Å². The van der Waals surface area contributed by atoms with Gasteiger partial charge in [-0.15, -0.1) is 0 Å². The molecule has 0 aliphatic carbocycles. The van der Waals surface area contributed by atoms with E-state index in [1.165, 1.54) is 6.33 Å². The van der Waals surface area contributed by atoms with Gasteiger partial charge in [0.15, 0.2) is 0 Å². The highest BCUT2D eigenvalue weighted by molar-refractivity contribution is 14.1. The van der Waals surface area contributed by atoms with Crippen molar-refractivity contribution in [2.24, 2.45) is 0 Å². The molecule has 0 atom stereocenters. The number of nitrogens with one attached hydrogen (secondary N) is 1. The van der Waals surface area contributed by atoms with E-state index >= 15 is 0 Å². The third kappa shape index (κ3) is 3.69. The molecule has 1 aromatic heterocycles. The fraction of sp³-hybridized carbons (Fsp3) is 0.333. The molecule has 0 bridgehead atoms. The number of anilines is 3. The van der Waals surface area contributed by atoms with Gasteiger partial charge in [-0.1, -0.05) is 0 Å². The number of piperidine rings is 1. The summed E-state index contributed by atoms with van der Waals surface area (Å²) in [4.78, 5) is 21.4. The Hall–Kier alpha value is -1.97. The minimum atomic E-state index is -0.404. The summed E-state index contributed by atoms with van der Waals surface area (Å²) in [5.74, 6) is 0.629. The molecule has 2 aromatic rings. The molecule has 1 N–H and O–H groups in total. The number of aromatic nitrogens is 2. The van der Waals surface area contributed by atoms with Gasteiger partial charge in [0.1, 0.15) is 6.33 Å². The van der Waals surface area contributed by atoms with Gasteiger partial charge in [0.05, 0.1) is 4.92 Å². The average molecular weight is 425 g/mol. The van der Waals surface area contributed by atoms with Gasteiger partial charge in [0.25, 0.3) is 0 Å². The molecule has 120 valence electrons. The van der Waals surface area contributed by atoms with Crippen molar-refractivity contribution < 1.29 is 4.92 Å². The lowest BCUT2D eigenvalue weighted by molar-refractivity contribution is -0.383. The van der Waals surface area contributed by atoms with Gasteiger partial charge in [-0.3, -0.25) is 10.1 Å². The van der Waals surface area contributed by atoms with Crippen LogP contribution in [0.2, 0.25) is 0 Å². The first-order chi connectivity index (χ1) is 11.1. The van der Waals surface area contributed by atoms with Gasteiger partial charge >= 0.3 is 5.69 Å². The molecule has 1 saturated heterocycles. The number of hydrogen-bond acceptors (Lipinski definition) is 6. The van der Waals surface area contributed by atoms with E-state index in [4.69, 9.17) is 0 Å². The minimum absolute atomic E-state index is 0.0621. The maximum Gasteiger partial charge on any atom is 0.353 e. The van der Waals surface area contributed by atoms with E-state index in [1.807, 2.05) is 29.2 Å². The Morgan fingerprint density at radius 3 is 2.48 bits per heavy atom. The quantitative estimate of drug-likeness (QED) is 0.457. The molecule has 2 heterocycles. The molecule has 1 aliphatic rings. The largest absolute Gasteiger partial charge is 0.353 e. The van der Waals surface area contributed by atoms with E-state index in [-0.39, 0.29) is 11.5 Å². The molecule has 1 fully saturated rings. The highest BCUT2D eigenvalue weighted by atomic mass is 127. The molecule has 1 aromatic carbocycles. The van der Waals surface area contributed by atoms with Gasteiger partial charge in [-0.05, 0) is 66.1 Å². The first-order valence-electron chi connectivity index (χ1n) is 7.42. The maximum absolute atomic E-state index is 11.6. The summed E-state index contributed by atoms with van der Waals surface area (Å²) in [5.41, 5.74) is 0.699. The van der Waals surface area contributed by atoms with Gasteiger partial charge in [-0.2, -0.15) is 0 Å². The molecule has 0 unspecified atom stereocenters. The van der Waals surface area contributed by atoms with Crippen LogP contribution in [0, 0.1) is 13.7 Å². The van der Waals surface area contributed by atoms with Crippen LogP contribution in [0.4, 0.5) is 23.0 Å². The van der Waals surface area contributed by atoms with E-state index in [0.717, 1.165) is 41.6 Å². The lowest BCUT2D eigenvalue weighted by Gasteiger charge is -2.27. The van der Waals surface area contributed by atoms with Crippen LogP contribution in [0.3, 0.4) is 0 Å². The van der Waals surface area contributed by atoms with Crippen molar-refractivity contribution in [2.75, 3.05) is 23.3 Å². The van der Waals surface area contributed by atoms with Crippen molar-refractivity contribution in [3.05, 3.63) is 44.3 Å². The first-order valence-corrected chi connectivity index (χ1v) is 8.50. The molecule has 3 rings (SSSR count). The molecular weight excluding hydrogens is 409 g/mol. The average Bonchev–Trinajstić information content (AvgIpc) is 2.57. The highest BCUT2D eigenvalue weighted by Gasteiger charge is 2.27. The van der Waals surface area contributed by atoms with Gasteiger partial charge in [0.2, 0.25) is 11.6 Å². The zero-order valence-electron chi connectivity index (χ0n) is 12.4. The summed E-state index contributed by atoms with van der Waals surface area (Å²) in [6, 6.07) is 7.60. The number of nitro groups is 1. The molecular formula is C15H16IN5O2. The van der Waals surface area contributed by atoms with Crippen molar-refractivity contribution in [1.29, 1.82) is 0 Å². The number of rotatable bonds is 4. The van der Waals surface area contributed by atoms with Crippen molar-refractivity contribution in [1.82, 2.24) is 9.97 Å². The number of halogens is 1. The Morgan fingerprint density at radius 1 is 1.13 bits per heavy atom. The zero-order valence-corrected chi connectivity index (χ0v) is 14.6. The second-order valence-corrected chi connectivity index (χ2v) is 6.58. The maximum atomic E-state index is 11.6. The lowest BCUT2D eigenvalue weighted by Crippen LogP contribution is -2.31. The predicted octanol–water partition coefficient (Wildman–Crippen LogP) is 3.72. The summed E-state index contributed by atoms with van der Waals surface area (Å²) in [5, 5.41) is 14.6. The van der Waals surface area contributed by atoms with E-state index in [1.54, 1.807) is 0 Å². The molecule has 0 radical (unpaired) electrons. The van der Waals surface area contributed by atoms with Crippen LogP contribution in [0.1, 0.15) is 19.3 Å². The Kier molecular flexibility index (Phi) is 4.89. The smallest absolute Gasteiger partial charge is 0.351 e. The monoisotopic (exact) mass is 425 g/mol. The highest BCUT2D eigenvalue weighted by Crippen LogP contribution is 2.34. The second kappa shape index (κ2) is 7.07. The summed E-state index contributed by atoms with van der Waals surface area (Å²) in [6.07, 6.45) is 4.59. The third-order valence-electron chi connectivity index (χ3n) is 3.75. The van der Waals surface area contributed by atoms with Crippen molar-refractivity contribution in [3.63, 3.8) is 0 Å². The normalized spacial score (nSPS) is 14.6. The van der Waals surface area contributed by atoms with Crippen LogP contribution in [0.25, 0.3) is 0 Å². The fourth-order valence-corrected chi connectivity index (χ4v) is 3.00. The van der Waals surface area contributed by atoms with Crippen molar-refractivity contribution in [3.8, 4) is 0 Å². The Balaban J connectivity index is 1.95. The van der Waals surface area contributed by atoms with E-state index in [2.05, 4.69) is 37.9 Å². The SMILES string of the molecule is O=[N+]([O-])c1c(Nc2ccc(I)cc2)ncnc1N1CCCCC1. The summed E-state index contributed by atoms with van der Waals surface area (Å²) in [6.45, 7) is 1.58. The van der Waals surface area contributed by atoms with Crippen molar-refractivity contribution in [2.45, 2.75) is 19.3 Å². The fourth-order valence-electron chi connectivity index (χ4n) is 2.64. The number of nitrogens with zero attached hydrogens (tertiary/aromatic N) is 4. The van der Waals surface area contributed by atoms with Gasteiger partial charge in [-0.25, -0.2) is 9.97 Å². The second-order valence-electron chi connectivity index (χ2n) is 5.33. The summed E-state index contributed by atoms with van der Waals surface area (Å²) >= 11 is 2.21. The van der Waals surface area contributed by atoms with E-state index in [0.29, 0.717) is 5.82 Å². The minimum Gasteiger partial charge on any atom is -0.351 e. The molecule has 0 spiro atoms. The summed E-state index contributed by atoms with van der Waals surface area (Å²) in [7, 11) is 0. The molecule has 0 amide bonds. The molecule has 23 heavy (non-hydrogen) atoms. The number of hydrogen-bond donors (Lipinski definition) is 1. The van der Waals surface area contributed by atoms with Crippen LogP contribution in [0.5, 0.6) is 0 Å². The number of benzene rings is 1.